The van der Waals surface area contributed by atoms with Crippen LogP contribution in [0.15, 0.2) is 48.7 Å². The summed E-state index contributed by atoms with van der Waals surface area (Å²) in [7, 11) is 0. The van der Waals surface area contributed by atoms with E-state index in [4.69, 9.17) is 21.1 Å². The van der Waals surface area contributed by atoms with Crippen molar-refractivity contribution in [2.75, 3.05) is 19.7 Å². The number of carbonyl (C=O) groups excluding carboxylic acids is 2. The van der Waals surface area contributed by atoms with Crippen molar-refractivity contribution in [3.8, 4) is 16.9 Å². The lowest BCUT2D eigenvalue weighted by Crippen LogP contribution is -2.39. The zero-order chi connectivity index (χ0) is 23.5. The highest BCUT2D eigenvalue weighted by Gasteiger charge is 2.34. The van der Waals surface area contributed by atoms with Crippen molar-refractivity contribution in [3.63, 3.8) is 0 Å². The number of benzene rings is 2. The smallest absolute Gasteiger partial charge is 0.310 e. The molecule has 4 rings (SSSR count). The molecule has 8 heteroatoms. The summed E-state index contributed by atoms with van der Waals surface area (Å²) in [6.45, 7) is 4.62. The number of halogens is 2. The number of carbonyl (C=O) groups is 2. The third-order valence-electron chi connectivity index (χ3n) is 5.72. The molecule has 1 aromatic heterocycles. The molecule has 0 bridgehead atoms. The van der Waals surface area contributed by atoms with Crippen LogP contribution < -0.4 is 4.74 Å². The molecule has 0 unspecified atom stereocenters. The van der Waals surface area contributed by atoms with Gasteiger partial charge in [0.1, 0.15) is 11.6 Å². The Hall–Kier alpha value is -3.19. The SMILES string of the molecule is CCOC(=O)[C@H]1CCN(C(=O)[C@@H](C)Oc2ccc3c(-c4ccc(F)cc4Cl)ccnc3c2)C1. The van der Waals surface area contributed by atoms with Crippen LogP contribution in [-0.4, -0.2) is 47.6 Å². The van der Waals surface area contributed by atoms with E-state index in [1.165, 1.54) is 12.1 Å². The van der Waals surface area contributed by atoms with Crippen LogP contribution in [0.4, 0.5) is 4.39 Å². The largest absolute Gasteiger partial charge is 0.481 e. The minimum absolute atomic E-state index is 0.179. The molecule has 1 amide bonds. The van der Waals surface area contributed by atoms with Crippen LogP contribution in [-0.2, 0) is 14.3 Å². The Morgan fingerprint density at radius 2 is 2.03 bits per heavy atom. The summed E-state index contributed by atoms with van der Waals surface area (Å²) in [5.74, 6) is -0.634. The molecule has 0 N–H and O–H groups in total. The van der Waals surface area contributed by atoms with Crippen LogP contribution in [0, 0.1) is 11.7 Å². The van der Waals surface area contributed by atoms with Gasteiger partial charge in [-0.15, -0.1) is 0 Å². The Labute approximate surface area is 196 Å². The molecule has 1 aliphatic heterocycles. The van der Waals surface area contributed by atoms with Crippen molar-refractivity contribution < 1.29 is 23.5 Å². The van der Waals surface area contributed by atoms with Crippen molar-refractivity contribution in [1.29, 1.82) is 0 Å². The standard InChI is InChI=1S/C25H24ClFN2O4/c1-3-32-25(31)16-9-11-29(14-16)24(30)15(2)33-18-5-7-21-19(8-10-28-23(21)13-18)20-6-4-17(27)12-22(20)26/h4-8,10,12-13,15-16H,3,9,11,14H2,1-2H3/t15-,16+/m1/s1. The average Bonchev–Trinajstić information content (AvgIpc) is 3.29. The highest BCUT2D eigenvalue weighted by Crippen LogP contribution is 2.34. The first kappa shape index (κ1) is 23.0. The number of ether oxygens (including phenoxy) is 2. The van der Waals surface area contributed by atoms with E-state index < -0.39 is 11.9 Å². The molecule has 6 nitrogen and oxygen atoms in total. The summed E-state index contributed by atoms with van der Waals surface area (Å²) in [6.07, 6.45) is 1.51. The summed E-state index contributed by atoms with van der Waals surface area (Å²) >= 11 is 6.25. The van der Waals surface area contributed by atoms with Gasteiger partial charge in [0.05, 0.1) is 23.1 Å². The van der Waals surface area contributed by atoms with Crippen LogP contribution in [0.1, 0.15) is 20.3 Å². The van der Waals surface area contributed by atoms with Gasteiger partial charge in [0.25, 0.3) is 5.91 Å². The Morgan fingerprint density at radius 3 is 2.79 bits per heavy atom. The van der Waals surface area contributed by atoms with Crippen LogP contribution in [0.2, 0.25) is 5.02 Å². The zero-order valence-corrected chi connectivity index (χ0v) is 19.1. The van der Waals surface area contributed by atoms with Gasteiger partial charge in [-0.3, -0.25) is 14.6 Å². The minimum atomic E-state index is -0.724. The zero-order valence-electron chi connectivity index (χ0n) is 18.4. The van der Waals surface area contributed by atoms with E-state index in [0.29, 0.717) is 48.0 Å². The van der Waals surface area contributed by atoms with Crippen LogP contribution in [0.25, 0.3) is 22.0 Å². The predicted molar refractivity (Wildman–Crippen MR) is 124 cm³/mol. The van der Waals surface area contributed by atoms with Crippen molar-refractivity contribution in [1.82, 2.24) is 9.88 Å². The fourth-order valence-electron chi connectivity index (χ4n) is 4.07. The number of aromatic nitrogens is 1. The molecule has 0 aliphatic carbocycles. The van der Waals surface area contributed by atoms with Gasteiger partial charge in [-0.1, -0.05) is 11.6 Å². The number of esters is 1. The van der Waals surface area contributed by atoms with E-state index in [9.17, 15) is 14.0 Å². The average molecular weight is 471 g/mol. The first-order chi connectivity index (χ1) is 15.9. The number of amides is 1. The highest BCUT2D eigenvalue weighted by atomic mass is 35.5. The molecule has 0 saturated carbocycles. The lowest BCUT2D eigenvalue weighted by molar-refractivity contribution is -0.147. The molecule has 33 heavy (non-hydrogen) atoms. The monoisotopic (exact) mass is 470 g/mol. The van der Waals surface area contributed by atoms with Crippen molar-refractivity contribution >= 4 is 34.4 Å². The maximum absolute atomic E-state index is 13.5. The number of hydrogen-bond acceptors (Lipinski definition) is 5. The molecule has 2 atom stereocenters. The molecule has 2 heterocycles. The topological polar surface area (TPSA) is 68.7 Å². The summed E-state index contributed by atoms with van der Waals surface area (Å²) in [5, 5.41) is 1.14. The Balaban J connectivity index is 1.49. The molecule has 0 spiro atoms. The lowest BCUT2D eigenvalue weighted by atomic mass is 10.0. The molecule has 1 saturated heterocycles. The first-order valence-corrected chi connectivity index (χ1v) is 11.2. The van der Waals surface area contributed by atoms with Crippen LogP contribution in [0.3, 0.4) is 0 Å². The second-order valence-electron chi connectivity index (χ2n) is 7.94. The van der Waals surface area contributed by atoms with E-state index in [-0.39, 0.29) is 17.8 Å². The Bertz CT molecular complexity index is 1200. The number of fused-ring (bicyclic) bond motifs is 1. The van der Waals surface area contributed by atoms with Gasteiger partial charge in [0, 0.05) is 36.3 Å². The van der Waals surface area contributed by atoms with Gasteiger partial charge < -0.3 is 14.4 Å². The number of hydrogen-bond donors (Lipinski definition) is 0. The van der Waals surface area contributed by atoms with E-state index in [1.54, 1.807) is 43.1 Å². The quantitative estimate of drug-likeness (QED) is 0.480. The van der Waals surface area contributed by atoms with Crippen molar-refractivity contribution in [3.05, 3.63) is 59.5 Å². The summed E-state index contributed by atoms with van der Waals surface area (Å²) in [5.41, 5.74) is 2.18. The minimum Gasteiger partial charge on any atom is -0.481 e. The molecule has 172 valence electrons. The van der Waals surface area contributed by atoms with Crippen molar-refractivity contribution in [2.45, 2.75) is 26.4 Å². The van der Waals surface area contributed by atoms with E-state index in [0.717, 1.165) is 10.9 Å². The van der Waals surface area contributed by atoms with Crippen molar-refractivity contribution in [2.24, 2.45) is 5.92 Å². The number of pyridine rings is 1. The van der Waals surface area contributed by atoms with E-state index in [1.807, 2.05) is 12.1 Å². The maximum atomic E-state index is 13.5. The number of likely N-dealkylation sites (tertiary alicyclic amines) is 1. The number of nitrogens with zero attached hydrogens (tertiary/aromatic N) is 2. The molecule has 3 aromatic rings. The van der Waals surface area contributed by atoms with Crippen LogP contribution >= 0.6 is 11.6 Å². The Kier molecular flexibility index (Phi) is 6.79. The molecule has 1 aliphatic rings. The highest BCUT2D eigenvalue weighted by molar-refractivity contribution is 6.33. The van der Waals surface area contributed by atoms with Gasteiger partial charge in [0.15, 0.2) is 6.10 Å². The van der Waals surface area contributed by atoms with Crippen LogP contribution in [0.5, 0.6) is 5.75 Å². The second-order valence-corrected chi connectivity index (χ2v) is 8.35. The third-order valence-corrected chi connectivity index (χ3v) is 6.03. The van der Waals surface area contributed by atoms with E-state index >= 15 is 0 Å². The fraction of sp³-hybridized carbons (Fsp3) is 0.320. The number of rotatable bonds is 6. The maximum Gasteiger partial charge on any atom is 0.310 e. The van der Waals surface area contributed by atoms with Gasteiger partial charge in [0.2, 0.25) is 0 Å². The molecule has 0 radical (unpaired) electrons. The van der Waals surface area contributed by atoms with Gasteiger partial charge >= 0.3 is 5.97 Å². The normalized spacial score (nSPS) is 16.6. The summed E-state index contributed by atoms with van der Waals surface area (Å²) < 4.78 is 24.4. The molecule has 1 fully saturated rings. The lowest BCUT2D eigenvalue weighted by Gasteiger charge is -2.22. The first-order valence-electron chi connectivity index (χ1n) is 10.8. The van der Waals surface area contributed by atoms with Gasteiger partial charge in [-0.25, -0.2) is 4.39 Å². The van der Waals surface area contributed by atoms with Gasteiger partial charge in [-0.2, -0.15) is 0 Å². The molecular weight excluding hydrogens is 447 g/mol. The van der Waals surface area contributed by atoms with E-state index in [2.05, 4.69) is 4.98 Å². The summed E-state index contributed by atoms with van der Waals surface area (Å²) in [6, 6.07) is 11.5. The third kappa shape index (κ3) is 4.93. The predicted octanol–water partition coefficient (Wildman–Crippen LogP) is 4.87. The summed E-state index contributed by atoms with van der Waals surface area (Å²) in [4.78, 5) is 30.8. The van der Waals surface area contributed by atoms with Gasteiger partial charge in [-0.05, 0) is 62.2 Å². The molecule has 2 aromatic carbocycles. The molecular formula is C25H24ClFN2O4. The second kappa shape index (κ2) is 9.75. The fourth-order valence-corrected chi connectivity index (χ4v) is 4.34. The Morgan fingerprint density at radius 1 is 1.21 bits per heavy atom.